The first-order chi connectivity index (χ1) is 11.2. The molecule has 4 nitrogen and oxygen atoms in total. The van der Waals surface area contributed by atoms with Gasteiger partial charge in [0.25, 0.3) is 0 Å². The molecule has 1 aliphatic carbocycles. The van der Waals surface area contributed by atoms with Crippen LogP contribution in [0, 0.1) is 11.8 Å². The van der Waals surface area contributed by atoms with E-state index in [4.69, 9.17) is 9.47 Å². The third-order valence-corrected chi connectivity index (χ3v) is 5.45. The van der Waals surface area contributed by atoms with E-state index >= 15 is 0 Å². The molecule has 0 bridgehead atoms. The zero-order valence-corrected chi connectivity index (χ0v) is 14.4. The molecule has 3 rings (SSSR count). The van der Waals surface area contributed by atoms with E-state index in [0.29, 0.717) is 12.0 Å². The number of hydrogen-bond donors (Lipinski definition) is 0. The van der Waals surface area contributed by atoms with Crippen LogP contribution in [0.1, 0.15) is 30.9 Å². The number of rotatable bonds is 4. The second kappa shape index (κ2) is 6.91. The molecule has 1 aromatic carbocycles. The number of piperidine rings is 1. The zero-order valence-electron chi connectivity index (χ0n) is 14.4. The predicted molar refractivity (Wildman–Crippen MR) is 89.7 cm³/mol. The van der Waals surface area contributed by atoms with Crippen LogP contribution >= 0.6 is 0 Å². The summed E-state index contributed by atoms with van der Waals surface area (Å²) in [6.07, 6.45) is 4.10. The van der Waals surface area contributed by atoms with E-state index in [1.807, 2.05) is 6.07 Å². The standard InChI is InChI=1S/C19H27NO3/c1-4-8-20-12-15(19(21)23-3)9-14-10-16-13(11-17(14)20)6-5-7-18(16)22-2/h5-7,14-15,17H,4,8-12H2,1-3H3/t14-,15-,17-/m1/s1. The highest BCUT2D eigenvalue weighted by Gasteiger charge is 2.41. The highest BCUT2D eigenvalue weighted by atomic mass is 16.5. The minimum atomic E-state index is -0.0598. The van der Waals surface area contributed by atoms with Crippen molar-refractivity contribution in [2.24, 2.45) is 11.8 Å². The Labute approximate surface area is 138 Å². The van der Waals surface area contributed by atoms with E-state index in [1.54, 1.807) is 7.11 Å². The smallest absolute Gasteiger partial charge is 0.309 e. The van der Waals surface area contributed by atoms with Gasteiger partial charge in [0.2, 0.25) is 0 Å². The van der Waals surface area contributed by atoms with Crippen LogP contribution in [0.2, 0.25) is 0 Å². The molecule has 0 spiro atoms. The van der Waals surface area contributed by atoms with Crippen LogP contribution in [-0.2, 0) is 22.4 Å². The Balaban J connectivity index is 1.89. The van der Waals surface area contributed by atoms with Crippen molar-refractivity contribution in [3.63, 3.8) is 0 Å². The summed E-state index contributed by atoms with van der Waals surface area (Å²) in [6, 6.07) is 6.90. The predicted octanol–water partition coefficient (Wildman–Crippen LogP) is 2.68. The van der Waals surface area contributed by atoms with Crippen LogP contribution in [0.15, 0.2) is 18.2 Å². The Bertz CT molecular complexity index is 572. The lowest BCUT2D eigenvalue weighted by Crippen LogP contribution is -2.53. The molecule has 1 saturated heterocycles. The van der Waals surface area contributed by atoms with Gasteiger partial charge in [-0.05, 0) is 55.3 Å². The molecule has 23 heavy (non-hydrogen) atoms. The number of carbonyl (C=O) groups is 1. The topological polar surface area (TPSA) is 38.8 Å². The summed E-state index contributed by atoms with van der Waals surface area (Å²) in [6.45, 7) is 4.09. The second-order valence-electron chi connectivity index (χ2n) is 6.78. The van der Waals surface area contributed by atoms with E-state index in [-0.39, 0.29) is 11.9 Å². The number of nitrogens with zero attached hydrogens (tertiary/aromatic N) is 1. The number of esters is 1. The van der Waals surface area contributed by atoms with Crippen LogP contribution in [0.25, 0.3) is 0 Å². The van der Waals surface area contributed by atoms with Gasteiger partial charge in [-0.25, -0.2) is 0 Å². The number of fused-ring (bicyclic) bond motifs is 2. The van der Waals surface area contributed by atoms with Crippen molar-refractivity contribution < 1.29 is 14.3 Å². The number of carbonyl (C=O) groups excluding carboxylic acids is 1. The Kier molecular flexibility index (Phi) is 4.90. The Morgan fingerprint density at radius 2 is 2.13 bits per heavy atom. The first-order valence-electron chi connectivity index (χ1n) is 8.64. The van der Waals surface area contributed by atoms with Gasteiger partial charge in [-0.2, -0.15) is 0 Å². The summed E-state index contributed by atoms with van der Waals surface area (Å²) >= 11 is 0. The number of methoxy groups -OCH3 is 2. The lowest BCUT2D eigenvalue weighted by atomic mass is 9.72. The highest BCUT2D eigenvalue weighted by Crippen LogP contribution is 2.40. The average Bonchev–Trinajstić information content (AvgIpc) is 2.59. The van der Waals surface area contributed by atoms with Crippen molar-refractivity contribution in [1.82, 2.24) is 4.90 Å². The third kappa shape index (κ3) is 3.09. The Morgan fingerprint density at radius 3 is 2.83 bits per heavy atom. The van der Waals surface area contributed by atoms with Gasteiger partial charge in [-0.1, -0.05) is 19.1 Å². The molecule has 1 heterocycles. The summed E-state index contributed by atoms with van der Waals surface area (Å²) in [5.74, 6) is 1.44. The number of benzene rings is 1. The van der Waals surface area contributed by atoms with Crippen molar-refractivity contribution in [1.29, 1.82) is 0 Å². The first-order valence-corrected chi connectivity index (χ1v) is 8.64. The van der Waals surface area contributed by atoms with Gasteiger partial charge in [0.15, 0.2) is 0 Å². The summed E-state index contributed by atoms with van der Waals surface area (Å²) < 4.78 is 10.6. The van der Waals surface area contributed by atoms with Crippen LogP contribution in [0.3, 0.4) is 0 Å². The van der Waals surface area contributed by atoms with E-state index in [9.17, 15) is 4.79 Å². The molecular weight excluding hydrogens is 290 g/mol. The monoisotopic (exact) mass is 317 g/mol. The van der Waals surface area contributed by atoms with Crippen molar-refractivity contribution in [2.45, 2.75) is 38.6 Å². The molecule has 0 saturated carbocycles. The fraction of sp³-hybridized carbons (Fsp3) is 0.632. The van der Waals surface area contributed by atoms with Crippen LogP contribution < -0.4 is 4.74 Å². The van der Waals surface area contributed by atoms with Crippen LogP contribution in [-0.4, -0.2) is 44.2 Å². The van der Waals surface area contributed by atoms with Gasteiger partial charge >= 0.3 is 5.97 Å². The molecule has 0 aromatic heterocycles. The number of ether oxygens (including phenoxy) is 2. The second-order valence-corrected chi connectivity index (χ2v) is 6.78. The van der Waals surface area contributed by atoms with Gasteiger partial charge in [-0.15, -0.1) is 0 Å². The maximum Gasteiger partial charge on any atom is 0.309 e. The van der Waals surface area contributed by atoms with E-state index < -0.39 is 0 Å². The van der Waals surface area contributed by atoms with Crippen molar-refractivity contribution in [2.75, 3.05) is 27.3 Å². The highest BCUT2D eigenvalue weighted by molar-refractivity contribution is 5.72. The molecule has 0 unspecified atom stereocenters. The van der Waals surface area contributed by atoms with E-state index in [2.05, 4.69) is 24.0 Å². The van der Waals surface area contributed by atoms with Crippen LogP contribution in [0.5, 0.6) is 5.75 Å². The maximum atomic E-state index is 12.1. The molecule has 1 aliphatic heterocycles. The van der Waals surface area contributed by atoms with Crippen molar-refractivity contribution in [3.8, 4) is 5.75 Å². The van der Waals surface area contributed by atoms with Crippen LogP contribution in [0.4, 0.5) is 0 Å². The number of hydrogen-bond acceptors (Lipinski definition) is 4. The molecule has 0 radical (unpaired) electrons. The molecule has 0 N–H and O–H groups in total. The summed E-state index contributed by atoms with van der Waals surface area (Å²) in [4.78, 5) is 14.6. The van der Waals surface area contributed by atoms with Crippen molar-refractivity contribution >= 4 is 5.97 Å². The first kappa shape index (κ1) is 16.3. The van der Waals surface area contributed by atoms with Gasteiger partial charge in [0.1, 0.15) is 5.75 Å². The normalized spacial score (nSPS) is 27.0. The van der Waals surface area contributed by atoms with Gasteiger partial charge in [0.05, 0.1) is 20.1 Å². The Hall–Kier alpha value is -1.55. The fourth-order valence-electron chi connectivity index (χ4n) is 4.42. The minimum Gasteiger partial charge on any atom is -0.496 e. The van der Waals surface area contributed by atoms with E-state index in [0.717, 1.165) is 44.5 Å². The SMILES string of the molecule is CCCN1C[C@H](C(=O)OC)C[C@@H]2Cc3c(cccc3OC)C[C@H]21. The number of likely N-dealkylation sites (tertiary alicyclic amines) is 1. The molecule has 1 aromatic rings. The molecule has 4 heteroatoms. The van der Waals surface area contributed by atoms with Gasteiger partial charge in [0, 0.05) is 12.6 Å². The summed E-state index contributed by atoms with van der Waals surface area (Å²) in [5, 5.41) is 0. The molecule has 0 amide bonds. The zero-order chi connectivity index (χ0) is 16.4. The fourth-order valence-corrected chi connectivity index (χ4v) is 4.42. The lowest BCUT2D eigenvalue weighted by Gasteiger charge is -2.47. The lowest BCUT2D eigenvalue weighted by molar-refractivity contribution is -0.149. The quantitative estimate of drug-likeness (QED) is 0.800. The molecule has 1 fully saturated rings. The molecule has 2 aliphatic rings. The summed E-state index contributed by atoms with van der Waals surface area (Å²) in [5.41, 5.74) is 2.74. The molecule has 3 atom stereocenters. The van der Waals surface area contributed by atoms with Gasteiger partial charge in [-0.3, -0.25) is 9.69 Å². The molecule has 126 valence electrons. The third-order valence-electron chi connectivity index (χ3n) is 5.45. The minimum absolute atomic E-state index is 0.00376. The largest absolute Gasteiger partial charge is 0.496 e. The summed E-state index contributed by atoms with van der Waals surface area (Å²) in [7, 11) is 3.24. The average molecular weight is 317 g/mol. The Morgan fingerprint density at radius 1 is 1.30 bits per heavy atom. The molecular formula is C19H27NO3. The van der Waals surface area contributed by atoms with Crippen molar-refractivity contribution in [3.05, 3.63) is 29.3 Å². The van der Waals surface area contributed by atoms with E-state index in [1.165, 1.54) is 18.2 Å². The van der Waals surface area contributed by atoms with Gasteiger partial charge < -0.3 is 9.47 Å². The maximum absolute atomic E-state index is 12.1.